The van der Waals surface area contributed by atoms with Crippen molar-refractivity contribution in [2.45, 2.75) is 58.8 Å². The van der Waals surface area contributed by atoms with Gasteiger partial charge in [0.05, 0.1) is 12.5 Å². The second-order valence-electron chi connectivity index (χ2n) is 8.63. The number of ether oxygens (including phenoxy) is 1. The largest absolute Gasteiger partial charge is 0.469 e. The molecule has 3 aliphatic rings. The Hall–Kier alpha value is -1.05. The smallest absolute Gasteiger partial charge is 0.311 e. The zero-order valence-electron chi connectivity index (χ0n) is 15.1. The molecule has 23 heavy (non-hydrogen) atoms. The molecule has 0 bridgehead atoms. The summed E-state index contributed by atoms with van der Waals surface area (Å²) in [6.07, 6.45) is 10.2. The van der Waals surface area contributed by atoms with Gasteiger partial charge in [-0.15, -0.1) is 6.58 Å². The highest BCUT2D eigenvalue weighted by atomic mass is 16.5. The van der Waals surface area contributed by atoms with E-state index < -0.39 is 0 Å². The quantitative estimate of drug-likeness (QED) is 0.520. The van der Waals surface area contributed by atoms with Crippen molar-refractivity contribution in [1.29, 1.82) is 0 Å². The highest BCUT2D eigenvalue weighted by Gasteiger charge is 2.60. The van der Waals surface area contributed by atoms with Crippen LogP contribution in [0.15, 0.2) is 24.8 Å². The Morgan fingerprint density at radius 1 is 1.26 bits per heavy atom. The predicted molar refractivity (Wildman–Crippen MR) is 93.8 cm³/mol. The number of hydrogen-bond donors (Lipinski definition) is 0. The highest BCUT2D eigenvalue weighted by Crippen LogP contribution is 2.65. The number of rotatable bonds is 2. The van der Waals surface area contributed by atoms with E-state index in [1.807, 2.05) is 0 Å². The second kappa shape index (κ2) is 5.79. The van der Waals surface area contributed by atoms with E-state index in [9.17, 15) is 4.79 Å². The lowest BCUT2D eigenvalue weighted by Crippen LogP contribution is -2.56. The summed E-state index contributed by atoms with van der Waals surface area (Å²) >= 11 is 0. The summed E-state index contributed by atoms with van der Waals surface area (Å²) < 4.78 is 5.21. The number of fused-ring (bicyclic) bond motifs is 3. The van der Waals surface area contributed by atoms with Gasteiger partial charge in [-0.2, -0.15) is 0 Å². The van der Waals surface area contributed by atoms with Gasteiger partial charge < -0.3 is 4.74 Å². The number of allylic oxidation sites excluding steroid dienone is 2. The predicted octanol–water partition coefficient (Wildman–Crippen LogP) is 5.15. The summed E-state index contributed by atoms with van der Waals surface area (Å²) in [5, 5.41) is 0. The fourth-order valence-corrected chi connectivity index (χ4v) is 6.66. The summed E-state index contributed by atoms with van der Waals surface area (Å²) in [5.74, 6) is 2.30. The molecule has 0 aromatic heterocycles. The maximum atomic E-state index is 12.6. The van der Waals surface area contributed by atoms with Crippen LogP contribution in [-0.2, 0) is 9.53 Å². The third-order valence-corrected chi connectivity index (χ3v) is 7.74. The number of carbonyl (C=O) groups is 1. The van der Waals surface area contributed by atoms with E-state index in [2.05, 4.69) is 33.1 Å². The van der Waals surface area contributed by atoms with Crippen LogP contribution < -0.4 is 0 Å². The van der Waals surface area contributed by atoms with Gasteiger partial charge in [-0.25, -0.2) is 0 Å². The minimum Gasteiger partial charge on any atom is -0.469 e. The Kier molecular flexibility index (Phi) is 4.23. The molecule has 3 rings (SSSR count). The van der Waals surface area contributed by atoms with Gasteiger partial charge in [0.1, 0.15) is 0 Å². The molecule has 0 saturated heterocycles. The molecule has 3 saturated carbocycles. The van der Waals surface area contributed by atoms with Crippen LogP contribution in [-0.4, -0.2) is 13.1 Å². The van der Waals surface area contributed by atoms with Crippen molar-refractivity contribution in [1.82, 2.24) is 0 Å². The van der Waals surface area contributed by atoms with Crippen molar-refractivity contribution < 1.29 is 9.53 Å². The molecule has 0 spiro atoms. The van der Waals surface area contributed by atoms with Crippen LogP contribution in [0.5, 0.6) is 0 Å². The van der Waals surface area contributed by atoms with E-state index in [0.717, 1.165) is 25.7 Å². The Balaban J connectivity index is 1.96. The first-order valence-electron chi connectivity index (χ1n) is 9.27. The van der Waals surface area contributed by atoms with Gasteiger partial charge in [0, 0.05) is 5.92 Å². The first kappa shape index (κ1) is 16.8. The van der Waals surface area contributed by atoms with Crippen molar-refractivity contribution in [2.24, 2.45) is 34.5 Å². The monoisotopic (exact) mass is 316 g/mol. The number of hydrogen-bond acceptors (Lipinski definition) is 2. The molecule has 0 unspecified atom stereocenters. The lowest BCUT2D eigenvalue weighted by molar-refractivity contribution is -0.175. The zero-order valence-corrected chi connectivity index (χ0v) is 15.1. The molecule has 3 fully saturated rings. The number of esters is 1. The summed E-state index contributed by atoms with van der Waals surface area (Å²) in [7, 11) is 1.55. The summed E-state index contributed by atoms with van der Waals surface area (Å²) in [6.45, 7) is 13.0. The van der Waals surface area contributed by atoms with Gasteiger partial charge in [-0.1, -0.05) is 31.6 Å². The molecule has 0 amide bonds. The van der Waals surface area contributed by atoms with Gasteiger partial charge in [-0.3, -0.25) is 4.79 Å². The molecular formula is C21H32O2. The Bertz CT molecular complexity index is 522. The van der Waals surface area contributed by atoms with Crippen molar-refractivity contribution in [3.05, 3.63) is 24.8 Å². The van der Waals surface area contributed by atoms with E-state index >= 15 is 0 Å². The molecule has 0 radical (unpaired) electrons. The summed E-state index contributed by atoms with van der Waals surface area (Å²) in [6, 6.07) is 0. The Labute approximate surface area is 141 Å². The molecule has 3 aliphatic carbocycles. The summed E-state index contributed by atoms with van der Waals surface area (Å²) in [4.78, 5) is 12.6. The maximum Gasteiger partial charge on any atom is 0.311 e. The molecule has 0 N–H and O–H groups in total. The third kappa shape index (κ3) is 2.32. The van der Waals surface area contributed by atoms with Crippen molar-refractivity contribution in [2.75, 3.05) is 7.11 Å². The van der Waals surface area contributed by atoms with E-state index in [1.54, 1.807) is 7.11 Å². The van der Waals surface area contributed by atoms with Crippen molar-refractivity contribution in [3.8, 4) is 0 Å². The molecule has 2 heteroatoms. The molecule has 0 aliphatic heterocycles. The van der Waals surface area contributed by atoms with Crippen LogP contribution >= 0.6 is 0 Å². The van der Waals surface area contributed by atoms with Gasteiger partial charge in [0.15, 0.2) is 0 Å². The number of methoxy groups -OCH3 is 1. The molecular weight excluding hydrogens is 284 g/mol. The van der Waals surface area contributed by atoms with E-state index in [1.165, 1.54) is 24.8 Å². The molecule has 2 nitrogen and oxygen atoms in total. The number of carbonyl (C=O) groups excluding carboxylic acids is 1. The van der Waals surface area contributed by atoms with Gasteiger partial charge in [0.25, 0.3) is 0 Å². The first-order valence-corrected chi connectivity index (χ1v) is 9.27. The fraction of sp³-hybridized carbons (Fsp3) is 0.762. The Morgan fingerprint density at radius 3 is 2.65 bits per heavy atom. The summed E-state index contributed by atoms with van der Waals surface area (Å²) in [5.41, 5.74) is 1.33. The third-order valence-electron chi connectivity index (χ3n) is 7.74. The SMILES string of the molecule is C=C[C@H]1C(=C)CC[C@H]2[C@H]1CC[C@@H]1[C@]2(C)CCC[C@@]1(C)C(=O)OC. The topological polar surface area (TPSA) is 26.3 Å². The average Bonchev–Trinajstić information content (AvgIpc) is 2.53. The van der Waals surface area contributed by atoms with Crippen LogP contribution in [0, 0.1) is 34.5 Å². The van der Waals surface area contributed by atoms with Crippen molar-refractivity contribution in [3.63, 3.8) is 0 Å². The minimum absolute atomic E-state index is 0.00682. The van der Waals surface area contributed by atoms with Gasteiger partial charge in [-0.05, 0) is 68.6 Å². The Morgan fingerprint density at radius 2 is 2.00 bits per heavy atom. The molecule has 0 aromatic carbocycles. The average molecular weight is 316 g/mol. The van der Waals surface area contributed by atoms with Crippen LogP contribution in [0.25, 0.3) is 0 Å². The molecule has 6 atom stereocenters. The van der Waals surface area contributed by atoms with Crippen LogP contribution in [0.1, 0.15) is 58.8 Å². The van der Waals surface area contributed by atoms with Crippen LogP contribution in [0.2, 0.25) is 0 Å². The molecule has 128 valence electrons. The van der Waals surface area contributed by atoms with Gasteiger partial charge in [0.2, 0.25) is 0 Å². The normalized spacial score (nSPS) is 46.5. The van der Waals surface area contributed by atoms with E-state index in [0.29, 0.717) is 23.7 Å². The maximum absolute atomic E-state index is 12.6. The minimum atomic E-state index is -0.301. The second-order valence-corrected chi connectivity index (χ2v) is 8.63. The fourth-order valence-electron chi connectivity index (χ4n) is 6.66. The highest BCUT2D eigenvalue weighted by molar-refractivity contribution is 5.77. The molecule has 0 heterocycles. The standard InChI is InChI=1S/C21H32O2/c1-6-15-14(2)8-10-17-16(15)9-11-18-20(17,3)12-7-13-21(18,4)19(22)23-5/h6,15-18H,1-2,7-13H2,3-5H3/t15-,16-,17-,18+,20+,21+/m0/s1. The lowest BCUT2D eigenvalue weighted by Gasteiger charge is -2.61. The van der Waals surface area contributed by atoms with Crippen LogP contribution in [0.4, 0.5) is 0 Å². The zero-order chi connectivity index (χ0) is 16.8. The van der Waals surface area contributed by atoms with E-state index in [4.69, 9.17) is 4.74 Å². The van der Waals surface area contributed by atoms with Crippen molar-refractivity contribution >= 4 is 5.97 Å². The van der Waals surface area contributed by atoms with Gasteiger partial charge >= 0.3 is 5.97 Å². The first-order chi connectivity index (χ1) is 10.9. The van der Waals surface area contributed by atoms with Crippen LogP contribution in [0.3, 0.4) is 0 Å². The molecule has 0 aromatic rings. The van der Waals surface area contributed by atoms with E-state index in [-0.39, 0.29) is 16.8 Å². The lowest BCUT2D eigenvalue weighted by atomic mass is 9.43.